The minimum atomic E-state index is -3.04. The van der Waals surface area contributed by atoms with Crippen LogP contribution in [0.1, 0.15) is 33.7 Å². The van der Waals surface area contributed by atoms with Crippen LogP contribution in [0.2, 0.25) is 0 Å². The molecule has 1 saturated heterocycles. The molecule has 7 nitrogen and oxygen atoms in total. The molecule has 0 saturated carbocycles. The van der Waals surface area contributed by atoms with Gasteiger partial charge >= 0.3 is 0 Å². The van der Waals surface area contributed by atoms with Gasteiger partial charge < -0.3 is 5.32 Å². The Kier molecular flexibility index (Phi) is 4.16. The van der Waals surface area contributed by atoms with E-state index < -0.39 is 9.84 Å². The number of rotatable bonds is 3. The molecular formula is C16H20N4O3S. The molecule has 0 radical (unpaired) electrons. The molecule has 0 aliphatic carbocycles. The van der Waals surface area contributed by atoms with Gasteiger partial charge in [-0.1, -0.05) is 11.3 Å². The van der Waals surface area contributed by atoms with Crippen molar-refractivity contribution in [3.05, 3.63) is 40.7 Å². The van der Waals surface area contributed by atoms with Crippen molar-refractivity contribution in [3.8, 4) is 5.69 Å². The van der Waals surface area contributed by atoms with Crippen LogP contribution in [-0.4, -0.2) is 46.9 Å². The third-order valence-corrected chi connectivity index (χ3v) is 5.90. The lowest BCUT2D eigenvalue weighted by Gasteiger charge is -2.10. The van der Waals surface area contributed by atoms with Gasteiger partial charge in [-0.15, -0.1) is 5.10 Å². The van der Waals surface area contributed by atoms with Gasteiger partial charge in [-0.2, -0.15) is 0 Å². The van der Waals surface area contributed by atoms with Crippen molar-refractivity contribution in [1.82, 2.24) is 20.3 Å². The minimum absolute atomic E-state index is 0.0109. The van der Waals surface area contributed by atoms with Crippen molar-refractivity contribution in [2.24, 2.45) is 0 Å². The van der Waals surface area contributed by atoms with Gasteiger partial charge in [0.25, 0.3) is 5.91 Å². The zero-order valence-corrected chi connectivity index (χ0v) is 14.7. The number of hydrogen-bond donors (Lipinski definition) is 1. The van der Waals surface area contributed by atoms with E-state index in [-0.39, 0.29) is 29.1 Å². The average Bonchev–Trinajstić information content (AvgIpc) is 3.00. The second kappa shape index (κ2) is 6.01. The number of nitrogens with one attached hydrogen (secondary N) is 1. The van der Waals surface area contributed by atoms with Gasteiger partial charge in [0.1, 0.15) is 0 Å². The molecule has 3 rings (SSSR count). The molecule has 1 fully saturated rings. The van der Waals surface area contributed by atoms with Gasteiger partial charge in [0.05, 0.1) is 22.9 Å². The summed E-state index contributed by atoms with van der Waals surface area (Å²) in [5.41, 5.74) is 3.89. The van der Waals surface area contributed by atoms with Crippen LogP contribution >= 0.6 is 0 Å². The molecule has 1 amide bonds. The van der Waals surface area contributed by atoms with E-state index in [2.05, 4.69) is 21.7 Å². The maximum Gasteiger partial charge on any atom is 0.274 e. The first-order chi connectivity index (χ1) is 11.2. The summed E-state index contributed by atoms with van der Waals surface area (Å²) >= 11 is 0. The van der Waals surface area contributed by atoms with Crippen LogP contribution in [0, 0.1) is 20.8 Å². The van der Waals surface area contributed by atoms with Gasteiger partial charge in [0.2, 0.25) is 0 Å². The summed E-state index contributed by atoms with van der Waals surface area (Å²) in [7, 11) is -3.04. The number of carbonyl (C=O) groups is 1. The van der Waals surface area contributed by atoms with Crippen LogP contribution < -0.4 is 5.32 Å². The zero-order valence-electron chi connectivity index (χ0n) is 13.9. The molecule has 2 heterocycles. The first-order valence-electron chi connectivity index (χ1n) is 7.77. The molecule has 1 N–H and O–H groups in total. The summed E-state index contributed by atoms with van der Waals surface area (Å²) in [6.07, 6.45) is 0.443. The van der Waals surface area contributed by atoms with Crippen molar-refractivity contribution >= 4 is 15.7 Å². The Labute approximate surface area is 141 Å². The summed E-state index contributed by atoms with van der Waals surface area (Å²) in [5, 5.41) is 10.8. The maximum absolute atomic E-state index is 12.4. The summed E-state index contributed by atoms with van der Waals surface area (Å²) in [4.78, 5) is 12.4. The monoisotopic (exact) mass is 348 g/mol. The van der Waals surface area contributed by atoms with Gasteiger partial charge in [0, 0.05) is 6.04 Å². The van der Waals surface area contributed by atoms with E-state index in [1.54, 1.807) is 11.6 Å². The fourth-order valence-electron chi connectivity index (χ4n) is 3.02. The molecule has 128 valence electrons. The van der Waals surface area contributed by atoms with E-state index >= 15 is 0 Å². The average molecular weight is 348 g/mol. The number of nitrogens with zero attached hydrogens (tertiary/aromatic N) is 3. The number of hydrogen-bond acceptors (Lipinski definition) is 5. The van der Waals surface area contributed by atoms with E-state index in [4.69, 9.17) is 0 Å². The molecule has 0 spiro atoms. The first kappa shape index (κ1) is 16.6. The Bertz CT molecular complexity index is 882. The van der Waals surface area contributed by atoms with Crippen LogP contribution in [0.25, 0.3) is 5.69 Å². The highest BCUT2D eigenvalue weighted by atomic mass is 32.2. The number of carbonyl (C=O) groups excluding carboxylic acids is 1. The van der Waals surface area contributed by atoms with Crippen molar-refractivity contribution in [3.63, 3.8) is 0 Å². The van der Waals surface area contributed by atoms with E-state index in [0.717, 1.165) is 16.8 Å². The number of aryl methyl sites for hydroxylation is 2. The third kappa shape index (κ3) is 3.33. The first-order valence-corrected chi connectivity index (χ1v) is 9.59. The lowest BCUT2D eigenvalue weighted by Crippen LogP contribution is -2.36. The molecule has 1 aliphatic rings. The standard InChI is InChI=1S/C16H20N4O3S/c1-10-6-11(2)8-14(7-10)20-12(3)15(18-19-20)16(21)17-13-4-5-24(22,23)9-13/h6-8,13H,4-5,9H2,1-3H3,(H,17,21). The van der Waals surface area contributed by atoms with Crippen LogP contribution in [0.3, 0.4) is 0 Å². The topological polar surface area (TPSA) is 93.9 Å². The summed E-state index contributed by atoms with van der Waals surface area (Å²) in [5.74, 6) is -0.278. The van der Waals surface area contributed by atoms with Crippen molar-refractivity contribution in [1.29, 1.82) is 0 Å². The maximum atomic E-state index is 12.4. The number of aromatic nitrogens is 3. The minimum Gasteiger partial charge on any atom is -0.347 e. The molecule has 8 heteroatoms. The third-order valence-electron chi connectivity index (χ3n) is 4.13. The summed E-state index contributed by atoms with van der Waals surface area (Å²) in [6, 6.07) is 5.65. The Hall–Kier alpha value is -2.22. The smallest absolute Gasteiger partial charge is 0.274 e. The number of sulfone groups is 1. The lowest BCUT2D eigenvalue weighted by molar-refractivity contribution is 0.0935. The predicted octanol–water partition coefficient (Wildman–Crippen LogP) is 1.11. The normalized spacial score (nSPS) is 19.4. The van der Waals surface area contributed by atoms with E-state index in [1.165, 1.54) is 0 Å². The van der Waals surface area contributed by atoms with Crippen molar-refractivity contribution < 1.29 is 13.2 Å². The SMILES string of the molecule is Cc1cc(C)cc(-n2nnc(C(=O)NC3CCS(=O)(=O)C3)c2C)c1. The summed E-state index contributed by atoms with van der Waals surface area (Å²) < 4.78 is 24.6. The Morgan fingerprint density at radius 1 is 1.21 bits per heavy atom. The molecular weight excluding hydrogens is 328 g/mol. The molecule has 2 aromatic rings. The van der Waals surface area contributed by atoms with Crippen LogP contribution in [-0.2, 0) is 9.84 Å². The Morgan fingerprint density at radius 2 is 1.88 bits per heavy atom. The van der Waals surface area contributed by atoms with E-state index in [9.17, 15) is 13.2 Å². The Balaban J connectivity index is 1.83. The van der Waals surface area contributed by atoms with E-state index in [0.29, 0.717) is 12.1 Å². The van der Waals surface area contributed by atoms with E-state index in [1.807, 2.05) is 26.0 Å². The van der Waals surface area contributed by atoms with Crippen LogP contribution in [0.5, 0.6) is 0 Å². The Morgan fingerprint density at radius 3 is 2.46 bits per heavy atom. The lowest BCUT2D eigenvalue weighted by atomic mass is 10.1. The van der Waals surface area contributed by atoms with Gasteiger partial charge in [0.15, 0.2) is 15.5 Å². The molecule has 1 atom stereocenters. The molecule has 0 bridgehead atoms. The highest BCUT2D eigenvalue weighted by Crippen LogP contribution is 2.17. The van der Waals surface area contributed by atoms with Gasteiger partial charge in [-0.25, -0.2) is 13.1 Å². The molecule has 1 aliphatic heterocycles. The fourth-order valence-corrected chi connectivity index (χ4v) is 4.69. The van der Waals surface area contributed by atoms with Crippen LogP contribution in [0.15, 0.2) is 18.2 Å². The molecule has 1 aromatic heterocycles. The van der Waals surface area contributed by atoms with Crippen molar-refractivity contribution in [2.75, 3.05) is 11.5 Å². The van der Waals surface area contributed by atoms with Gasteiger partial charge in [-0.05, 0) is 50.5 Å². The highest BCUT2D eigenvalue weighted by Gasteiger charge is 2.30. The summed E-state index contributed by atoms with van der Waals surface area (Å²) in [6.45, 7) is 5.77. The highest BCUT2D eigenvalue weighted by molar-refractivity contribution is 7.91. The fraction of sp³-hybridized carbons (Fsp3) is 0.438. The second-order valence-corrected chi connectivity index (χ2v) is 8.58. The largest absolute Gasteiger partial charge is 0.347 e. The molecule has 24 heavy (non-hydrogen) atoms. The van der Waals surface area contributed by atoms with Crippen molar-refractivity contribution in [2.45, 2.75) is 33.2 Å². The molecule has 1 aromatic carbocycles. The second-order valence-electron chi connectivity index (χ2n) is 6.35. The number of amides is 1. The molecule has 1 unspecified atom stereocenters. The van der Waals surface area contributed by atoms with Gasteiger partial charge in [-0.3, -0.25) is 4.79 Å². The predicted molar refractivity (Wildman–Crippen MR) is 90.1 cm³/mol. The quantitative estimate of drug-likeness (QED) is 0.897. The van der Waals surface area contributed by atoms with Crippen LogP contribution in [0.4, 0.5) is 0 Å². The zero-order chi connectivity index (χ0) is 17.5. The number of benzene rings is 1.